The van der Waals surface area contributed by atoms with Crippen LogP contribution in [0.15, 0.2) is 51.4 Å². The Balaban J connectivity index is 1.45. The normalized spacial score (nSPS) is 20.3. The molecule has 1 atom stereocenters. The van der Waals surface area contributed by atoms with Crippen molar-refractivity contribution in [3.63, 3.8) is 0 Å². The van der Waals surface area contributed by atoms with Gasteiger partial charge >= 0.3 is 0 Å². The molecule has 0 saturated carbocycles. The van der Waals surface area contributed by atoms with Crippen LogP contribution in [0.3, 0.4) is 0 Å². The van der Waals surface area contributed by atoms with Crippen LogP contribution in [-0.2, 0) is 11.2 Å². The lowest BCUT2D eigenvalue weighted by Crippen LogP contribution is -2.42. The highest BCUT2D eigenvalue weighted by Crippen LogP contribution is 2.24. The Morgan fingerprint density at radius 2 is 1.96 bits per heavy atom. The van der Waals surface area contributed by atoms with Gasteiger partial charge in [0.15, 0.2) is 0 Å². The molecular weight excluding hydrogens is 422 g/mol. The Kier molecular flexibility index (Phi) is 6.05. The fourth-order valence-corrected chi connectivity index (χ4v) is 4.87. The summed E-state index contributed by atoms with van der Waals surface area (Å²) >= 11 is 5.26. The van der Waals surface area contributed by atoms with E-state index in [9.17, 15) is 4.79 Å². The Labute approximate surface area is 173 Å². The molecular formula is C21H24BrN3OS. The first-order chi connectivity index (χ1) is 13.2. The third kappa shape index (κ3) is 4.50. The lowest BCUT2D eigenvalue weighted by atomic mass is 10.0. The second-order valence-corrected chi connectivity index (χ2v) is 9.11. The predicted octanol–water partition coefficient (Wildman–Crippen LogP) is 4.54. The summed E-state index contributed by atoms with van der Waals surface area (Å²) in [5, 5.41) is 8.58. The smallest absolute Gasteiger partial charge is 0.242 e. The molecule has 6 heteroatoms. The van der Waals surface area contributed by atoms with Crippen LogP contribution in [0.1, 0.15) is 36.1 Å². The van der Waals surface area contributed by atoms with Crippen LogP contribution in [-0.4, -0.2) is 47.2 Å². The van der Waals surface area contributed by atoms with Crippen molar-refractivity contribution in [3.8, 4) is 0 Å². The molecule has 4 rings (SSSR count). The Morgan fingerprint density at radius 1 is 1.19 bits per heavy atom. The molecule has 3 heterocycles. The van der Waals surface area contributed by atoms with Crippen LogP contribution in [0.4, 0.5) is 0 Å². The van der Waals surface area contributed by atoms with E-state index in [-0.39, 0.29) is 11.9 Å². The molecule has 1 aromatic heterocycles. The zero-order chi connectivity index (χ0) is 18.6. The number of thiophene rings is 1. The van der Waals surface area contributed by atoms with E-state index in [1.165, 1.54) is 17.7 Å². The van der Waals surface area contributed by atoms with E-state index in [1.54, 1.807) is 16.3 Å². The molecule has 0 N–H and O–H groups in total. The van der Waals surface area contributed by atoms with Gasteiger partial charge in [-0.05, 0) is 67.9 Å². The maximum atomic E-state index is 12.8. The number of hydrogen-bond acceptors (Lipinski definition) is 4. The van der Waals surface area contributed by atoms with Gasteiger partial charge in [0, 0.05) is 15.8 Å². The summed E-state index contributed by atoms with van der Waals surface area (Å²) in [6, 6.07) is 12.7. The van der Waals surface area contributed by atoms with Gasteiger partial charge in [-0.15, -0.1) is 11.3 Å². The molecule has 1 fully saturated rings. The van der Waals surface area contributed by atoms with Crippen LogP contribution in [0.2, 0.25) is 0 Å². The molecule has 4 nitrogen and oxygen atoms in total. The first kappa shape index (κ1) is 18.8. The van der Waals surface area contributed by atoms with Gasteiger partial charge in [-0.3, -0.25) is 9.69 Å². The standard InChI is InChI=1S/C21H24BrN3OS/c22-17-10-8-16(9-11-17)21-19(24-12-1-2-13-24)15-25(23-21)20(26)7-3-5-18-6-4-14-27-18/h4,6,8-11,14,19H,1-3,5,7,12-13,15H2. The van der Waals surface area contributed by atoms with E-state index < -0.39 is 0 Å². The number of carbonyl (C=O) groups excluding carboxylic acids is 1. The van der Waals surface area contributed by atoms with Crippen molar-refractivity contribution in [1.82, 2.24) is 9.91 Å². The van der Waals surface area contributed by atoms with Crippen molar-refractivity contribution in [2.45, 2.75) is 38.1 Å². The number of rotatable bonds is 6. The molecule has 142 valence electrons. The van der Waals surface area contributed by atoms with E-state index in [0.717, 1.165) is 41.7 Å². The van der Waals surface area contributed by atoms with Gasteiger partial charge in [0.1, 0.15) is 0 Å². The molecule has 27 heavy (non-hydrogen) atoms. The van der Waals surface area contributed by atoms with Gasteiger partial charge in [0.25, 0.3) is 0 Å². The second kappa shape index (κ2) is 8.67. The predicted molar refractivity (Wildman–Crippen MR) is 114 cm³/mol. The van der Waals surface area contributed by atoms with Gasteiger partial charge in [0.2, 0.25) is 5.91 Å². The molecule has 1 aromatic carbocycles. The molecule has 2 aliphatic heterocycles. The van der Waals surface area contributed by atoms with E-state index in [0.29, 0.717) is 13.0 Å². The van der Waals surface area contributed by atoms with Gasteiger partial charge in [-0.2, -0.15) is 5.10 Å². The lowest BCUT2D eigenvalue weighted by molar-refractivity contribution is -0.131. The highest BCUT2D eigenvalue weighted by atomic mass is 79.9. The van der Waals surface area contributed by atoms with Crippen LogP contribution in [0.5, 0.6) is 0 Å². The number of nitrogens with zero attached hydrogens (tertiary/aromatic N) is 3. The molecule has 0 aliphatic carbocycles. The summed E-state index contributed by atoms with van der Waals surface area (Å²) in [6.07, 6.45) is 4.88. The number of aryl methyl sites for hydroxylation is 1. The minimum Gasteiger partial charge on any atom is -0.293 e. The zero-order valence-electron chi connectivity index (χ0n) is 15.3. The zero-order valence-corrected chi connectivity index (χ0v) is 17.7. The van der Waals surface area contributed by atoms with Crippen molar-refractivity contribution >= 4 is 38.9 Å². The first-order valence-electron chi connectivity index (χ1n) is 9.62. The van der Waals surface area contributed by atoms with Crippen molar-refractivity contribution in [1.29, 1.82) is 0 Å². The molecule has 2 aromatic rings. The van der Waals surface area contributed by atoms with Crippen molar-refractivity contribution in [2.24, 2.45) is 5.10 Å². The average Bonchev–Trinajstić information content (AvgIpc) is 3.43. The van der Waals surface area contributed by atoms with Crippen molar-refractivity contribution < 1.29 is 4.79 Å². The molecule has 2 aliphatic rings. The maximum absolute atomic E-state index is 12.8. The largest absolute Gasteiger partial charge is 0.293 e. The number of hydrogen-bond donors (Lipinski definition) is 0. The Hall–Kier alpha value is -1.50. The molecule has 1 unspecified atom stereocenters. The number of likely N-dealkylation sites (tertiary alicyclic amines) is 1. The number of amides is 1. The van der Waals surface area contributed by atoms with Crippen LogP contribution >= 0.6 is 27.3 Å². The molecule has 1 saturated heterocycles. The average molecular weight is 446 g/mol. The molecule has 0 bridgehead atoms. The molecule has 0 spiro atoms. The number of carbonyl (C=O) groups is 1. The van der Waals surface area contributed by atoms with Crippen molar-refractivity contribution in [2.75, 3.05) is 19.6 Å². The van der Waals surface area contributed by atoms with E-state index in [2.05, 4.69) is 50.5 Å². The third-order valence-corrected chi connectivity index (χ3v) is 6.76. The minimum absolute atomic E-state index is 0.142. The van der Waals surface area contributed by atoms with E-state index in [1.807, 2.05) is 12.1 Å². The monoisotopic (exact) mass is 445 g/mol. The molecule has 0 radical (unpaired) electrons. The van der Waals surface area contributed by atoms with Gasteiger partial charge < -0.3 is 0 Å². The Morgan fingerprint density at radius 3 is 2.67 bits per heavy atom. The SMILES string of the molecule is O=C(CCCc1cccs1)N1CC(N2CCCC2)C(c2ccc(Br)cc2)=N1. The Bertz CT molecular complexity index is 797. The van der Waals surface area contributed by atoms with E-state index >= 15 is 0 Å². The summed E-state index contributed by atoms with van der Waals surface area (Å²) in [5.41, 5.74) is 2.15. The van der Waals surface area contributed by atoms with E-state index in [4.69, 9.17) is 5.10 Å². The summed E-state index contributed by atoms with van der Waals surface area (Å²) in [5.74, 6) is 0.142. The topological polar surface area (TPSA) is 35.9 Å². The maximum Gasteiger partial charge on any atom is 0.242 e. The minimum atomic E-state index is 0.142. The lowest BCUT2D eigenvalue weighted by Gasteiger charge is -2.24. The van der Waals surface area contributed by atoms with Crippen molar-refractivity contribution in [3.05, 3.63) is 56.7 Å². The highest BCUT2D eigenvalue weighted by molar-refractivity contribution is 9.10. The fraction of sp³-hybridized carbons (Fsp3) is 0.429. The third-order valence-electron chi connectivity index (χ3n) is 5.29. The first-order valence-corrected chi connectivity index (χ1v) is 11.3. The molecule has 1 amide bonds. The fourth-order valence-electron chi connectivity index (χ4n) is 3.86. The summed E-state index contributed by atoms with van der Waals surface area (Å²) in [7, 11) is 0. The van der Waals surface area contributed by atoms with Crippen LogP contribution in [0, 0.1) is 0 Å². The number of hydrazone groups is 1. The van der Waals surface area contributed by atoms with Gasteiger partial charge in [-0.1, -0.05) is 34.1 Å². The van der Waals surface area contributed by atoms with Gasteiger partial charge in [0.05, 0.1) is 18.3 Å². The summed E-state index contributed by atoms with van der Waals surface area (Å²) in [6.45, 7) is 2.88. The quantitative estimate of drug-likeness (QED) is 0.653. The summed E-state index contributed by atoms with van der Waals surface area (Å²) < 4.78 is 1.06. The summed E-state index contributed by atoms with van der Waals surface area (Å²) in [4.78, 5) is 16.6. The van der Waals surface area contributed by atoms with Crippen LogP contribution in [0.25, 0.3) is 0 Å². The number of halogens is 1. The second-order valence-electron chi connectivity index (χ2n) is 7.16. The highest BCUT2D eigenvalue weighted by Gasteiger charge is 2.35. The van der Waals surface area contributed by atoms with Crippen LogP contribution < -0.4 is 0 Å². The number of benzene rings is 1. The van der Waals surface area contributed by atoms with Gasteiger partial charge in [-0.25, -0.2) is 5.01 Å².